The van der Waals surface area contributed by atoms with E-state index in [1.165, 1.54) is 4.90 Å². The van der Waals surface area contributed by atoms with Gasteiger partial charge in [0.1, 0.15) is 11.8 Å². The van der Waals surface area contributed by atoms with E-state index >= 15 is 0 Å². The van der Waals surface area contributed by atoms with E-state index in [0.717, 1.165) is 10.9 Å². The maximum absolute atomic E-state index is 13.1. The van der Waals surface area contributed by atoms with Gasteiger partial charge in [0, 0.05) is 32.7 Å². The minimum Gasteiger partial charge on any atom is -0.482 e. The van der Waals surface area contributed by atoms with Gasteiger partial charge in [-0.3, -0.25) is 9.59 Å². The Morgan fingerprint density at radius 3 is 2.32 bits per heavy atom. The first-order valence-electron chi connectivity index (χ1n) is 9.74. The zero-order valence-electron chi connectivity index (χ0n) is 17.4. The molecule has 31 heavy (non-hydrogen) atoms. The first kappa shape index (κ1) is 25.8. The summed E-state index contributed by atoms with van der Waals surface area (Å²) in [5.41, 5.74) is 0.559. The van der Waals surface area contributed by atoms with Crippen molar-refractivity contribution >= 4 is 62.5 Å². The van der Waals surface area contributed by atoms with Crippen molar-refractivity contribution in [1.29, 1.82) is 0 Å². The fraction of sp³-hybridized carbons (Fsp3) is 0.364. The summed E-state index contributed by atoms with van der Waals surface area (Å²) in [5.74, 6) is -0.306. The Morgan fingerprint density at radius 2 is 1.74 bits per heavy atom. The molecule has 0 aliphatic carbocycles. The second-order valence-corrected chi connectivity index (χ2v) is 9.22. The molecule has 2 atom stereocenters. The standard InChI is InChI=1S/C22H24BrCl3N2O3/c1-4-13(2)27-22(30)14(3)28(11-16-17(24)6-5-7-18(16)25)21(29)12-31-20-9-8-15(23)10-19(20)26/h5-10,13-14H,4,11-12H2,1-3H3,(H,27,30)/t13-,14-/m1/s1. The first-order valence-corrected chi connectivity index (χ1v) is 11.7. The molecule has 168 valence electrons. The fourth-order valence-electron chi connectivity index (χ4n) is 2.72. The van der Waals surface area contributed by atoms with Crippen molar-refractivity contribution in [1.82, 2.24) is 10.2 Å². The molecule has 0 heterocycles. The first-order chi connectivity index (χ1) is 14.6. The lowest BCUT2D eigenvalue weighted by atomic mass is 10.1. The highest BCUT2D eigenvalue weighted by atomic mass is 79.9. The van der Waals surface area contributed by atoms with Crippen LogP contribution in [0.25, 0.3) is 0 Å². The quantitative estimate of drug-likeness (QED) is 0.409. The van der Waals surface area contributed by atoms with Gasteiger partial charge in [0.2, 0.25) is 5.91 Å². The molecule has 0 aliphatic heterocycles. The highest BCUT2D eigenvalue weighted by Gasteiger charge is 2.28. The lowest BCUT2D eigenvalue weighted by Gasteiger charge is -2.30. The fourth-order valence-corrected chi connectivity index (χ4v) is 3.96. The number of amides is 2. The Bertz CT molecular complexity index is 922. The maximum Gasteiger partial charge on any atom is 0.261 e. The predicted octanol–water partition coefficient (Wildman–Crippen LogP) is 6.12. The second-order valence-electron chi connectivity index (χ2n) is 7.08. The van der Waals surface area contributed by atoms with Crippen molar-refractivity contribution in [2.45, 2.75) is 45.8 Å². The Kier molecular flexibility index (Phi) is 9.94. The lowest BCUT2D eigenvalue weighted by molar-refractivity contribution is -0.142. The minimum absolute atomic E-state index is 0.0198. The van der Waals surface area contributed by atoms with E-state index in [2.05, 4.69) is 21.2 Å². The van der Waals surface area contributed by atoms with E-state index in [-0.39, 0.29) is 25.1 Å². The van der Waals surface area contributed by atoms with Crippen molar-refractivity contribution in [3.63, 3.8) is 0 Å². The molecule has 0 radical (unpaired) electrons. The third kappa shape index (κ3) is 7.28. The Hall–Kier alpha value is -1.47. The van der Waals surface area contributed by atoms with Gasteiger partial charge in [-0.1, -0.05) is 63.7 Å². The van der Waals surface area contributed by atoms with Gasteiger partial charge >= 0.3 is 0 Å². The van der Waals surface area contributed by atoms with E-state index in [0.29, 0.717) is 26.4 Å². The van der Waals surface area contributed by atoms with E-state index < -0.39 is 11.9 Å². The van der Waals surface area contributed by atoms with Gasteiger partial charge in [0.15, 0.2) is 6.61 Å². The molecule has 1 N–H and O–H groups in total. The monoisotopic (exact) mass is 548 g/mol. The third-order valence-corrected chi connectivity index (χ3v) is 6.30. The molecule has 0 spiro atoms. The molecule has 0 saturated carbocycles. The number of rotatable bonds is 9. The lowest BCUT2D eigenvalue weighted by Crippen LogP contribution is -2.50. The number of carbonyl (C=O) groups excluding carboxylic acids is 2. The molecular weight excluding hydrogens is 527 g/mol. The highest BCUT2D eigenvalue weighted by molar-refractivity contribution is 9.10. The molecule has 5 nitrogen and oxygen atoms in total. The van der Waals surface area contributed by atoms with Crippen LogP contribution < -0.4 is 10.1 Å². The summed E-state index contributed by atoms with van der Waals surface area (Å²) in [6, 6.07) is 9.40. The van der Waals surface area contributed by atoms with E-state index in [9.17, 15) is 9.59 Å². The molecular formula is C22H24BrCl3N2O3. The normalized spacial score (nSPS) is 12.7. The molecule has 2 amide bonds. The Balaban J connectivity index is 2.24. The number of nitrogens with one attached hydrogen (secondary N) is 1. The van der Waals surface area contributed by atoms with Gasteiger partial charge in [0.25, 0.3) is 5.91 Å². The number of nitrogens with zero attached hydrogens (tertiary/aromatic N) is 1. The molecule has 0 saturated heterocycles. The zero-order valence-corrected chi connectivity index (χ0v) is 21.3. The Labute approximate surface area is 206 Å². The number of halogens is 4. The van der Waals surface area contributed by atoms with Gasteiger partial charge in [-0.2, -0.15) is 0 Å². The minimum atomic E-state index is -0.766. The maximum atomic E-state index is 13.1. The second kappa shape index (κ2) is 12.0. The highest BCUT2D eigenvalue weighted by Crippen LogP contribution is 2.29. The van der Waals surface area contributed by atoms with Crippen LogP contribution in [0.1, 0.15) is 32.8 Å². The average molecular weight is 551 g/mol. The molecule has 0 aromatic heterocycles. The number of hydrogen-bond acceptors (Lipinski definition) is 3. The van der Waals surface area contributed by atoms with E-state index in [4.69, 9.17) is 39.5 Å². The molecule has 9 heteroatoms. The molecule has 0 fully saturated rings. The van der Waals surface area contributed by atoms with Crippen molar-refractivity contribution < 1.29 is 14.3 Å². The third-order valence-electron chi connectivity index (χ3n) is 4.80. The Morgan fingerprint density at radius 1 is 1.10 bits per heavy atom. The van der Waals surface area contributed by atoms with Crippen LogP contribution in [0.5, 0.6) is 5.75 Å². The number of carbonyl (C=O) groups is 2. The van der Waals surface area contributed by atoms with E-state index in [1.807, 2.05) is 13.8 Å². The van der Waals surface area contributed by atoms with Gasteiger partial charge in [-0.25, -0.2) is 0 Å². The predicted molar refractivity (Wildman–Crippen MR) is 129 cm³/mol. The molecule has 0 bridgehead atoms. The summed E-state index contributed by atoms with van der Waals surface area (Å²) in [6.07, 6.45) is 0.772. The van der Waals surface area contributed by atoms with Gasteiger partial charge in [-0.15, -0.1) is 0 Å². The van der Waals surface area contributed by atoms with Gasteiger partial charge in [0.05, 0.1) is 5.02 Å². The summed E-state index contributed by atoms with van der Waals surface area (Å²) in [4.78, 5) is 27.3. The summed E-state index contributed by atoms with van der Waals surface area (Å²) in [7, 11) is 0. The summed E-state index contributed by atoms with van der Waals surface area (Å²) < 4.78 is 6.42. The van der Waals surface area contributed by atoms with E-state index in [1.54, 1.807) is 43.3 Å². The van der Waals surface area contributed by atoms with Crippen molar-refractivity contribution in [3.05, 3.63) is 61.5 Å². The van der Waals surface area contributed by atoms with Crippen LogP contribution in [0.15, 0.2) is 40.9 Å². The summed E-state index contributed by atoms with van der Waals surface area (Å²) in [5, 5.41) is 4.10. The van der Waals surface area contributed by atoms with Crippen LogP contribution >= 0.6 is 50.7 Å². The topological polar surface area (TPSA) is 58.6 Å². The largest absolute Gasteiger partial charge is 0.482 e. The van der Waals surface area contributed by atoms with Crippen molar-refractivity contribution in [3.8, 4) is 5.75 Å². The van der Waals surface area contributed by atoms with Crippen LogP contribution in [-0.2, 0) is 16.1 Å². The van der Waals surface area contributed by atoms with Crippen LogP contribution in [0.2, 0.25) is 15.1 Å². The van der Waals surface area contributed by atoms with Crippen molar-refractivity contribution in [2.24, 2.45) is 0 Å². The number of hydrogen-bond donors (Lipinski definition) is 1. The zero-order chi connectivity index (χ0) is 23.1. The molecule has 2 rings (SSSR count). The van der Waals surface area contributed by atoms with Crippen LogP contribution in [-0.4, -0.2) is 35.4 Å². The summed E-state index contributed by atoms with van der Waals surface area (Å²) >= 11 is 22.1. The van der Waals surface area contributed by atoms with Gasteiger partial charge < -0.3 is 15.0 Å². The molecule has 0 aliphatic rings. The molecule has 0 unspecified atom stereocenters. The smallest absolute Gasteiger partial charge is 0.261 e. The van der Waals surface area contributed by atoms with Gasteiger partial charge in [-0.05, 0) is 50.6 Å². The molecule has 2 aromatic carbocycles. The number of ether oxygens (including phenoxy) is 1. The molecule has 2 aromatic rings. The van der Waals surface area contributed by atoms with Crippen LogP contribution in [0, 0.1) is 0 Å². The van der Waals surface area contributed by atoms with Crippen LogP contribution in [0.3, 0.4) is 0 Å². The summed E-state index contributed by atoms with van der Waals surface area (Å²) in [6.45, 7) is 5.29. The van der Waals surface area contributed by atoms with Crippen LogP contribution in [0.4, 0.5) is 0 Å². The average Bonchev–Trinajstić information content (AvgIpc) is 2.72. The van der Waals surface area contributed by atoms with Crippen molar-refractivity contribution in [2.75, 3.05) is 6.61 Å². The SMILES string of the molecule is CC[C@@H](C)NC(=O)[C@@H](C)N(Cc1c(Cl)cccc1Cl)C(=O)COc1ccc(Br)cc1Cl. The number of benzene rings is 2.